The van der Waals surface area contributed by atoms with Crippen molar-refractivity contribution in [3.8, 4) is 0 Å². The Kier molecular flexibility index (Phi) is 4.07. The number of nitrogens with one attached hydrogen (secondary N) is 1. The Labute approximate surface area is 123 Å². The van der Waals surface area contributed by atoms with Gasteiger partial charge in [0.05, 0.1) is 6.04 Å². The fourth-order valence-corrected chi connectivity index (χ4v) is 2.01. The average molecular weight is 298 g/mol. The van der Waals surface area contributed by atoms with Crippen LogP contribution in [-0.2, 0) is 4.74 Å². The molecule has 0 spiro atoms. The van der Waals surface area contributed by atoms with Gasteiger partial charge in [-0.2, -0.15) is 0 Å². The second kappa shape index (κ2) is 5.50. The van der Waals surface area contributed by atoms with Crippen molar-refractivity contribution in [2.24, 2.45) is 0 Å². The van der Waals surface area contributed by atoms with Gasteiger partial charge >= 0.3 is 6.09 Å². The van der Waals surface area contributed by atoms with E-state index in [0.717, 1.165) is 0 Å². The van der Waals surface area contributed by atoms with Crippen molar-refractivity contribution in [1.29, 1.82) is 0 Å². The third kappa shape index (κ3) is 3.83. The van der Waals surface area contributed by atoms with Crippen LogP contribution in [0, 0.1) is 18.6 Å². The van der Waals surface area contributed by atoms with Crippen molar-refractivity contribution < 1.29 is 18.3 Å². The van der Waals surface area contributed by atoms with Gasteiger partial charge in [-0.3, -0.25) is 0 Å². The molecule has 6 heteroatoms. The summed E-state index contributed by atoms with van der Waals surface area (Å²) in [6, 6.07) is 2.49. The van der Waals surface area contributed by atoms with Crippen molar-refractivity contribution >= 4 is 11.8 Å². The summed E-state index contributed by atoms with van der Waals surface area (Å²) in [7, 11) is 0. The number of nitrogens with zero attached hydrogens (tertiary/aromatic N) is 1. The van der Waals surface area contributed by atoms with Gasteiger partial charge in [0, 0.05) is 24.3 Å². The summed E-state index contributed by atoms with van der Waals surface area (Å²) in [5.41, 5.74) is -0.146. The average Bonchev–Trinajstić information content (AvgIpc) is 2.27. The van der Waals surface area contributed by atoms with Gasteiger partial charge in [0.15, 0.2) is 0 Å². The van der Waals surface area contributed by atoms with E-state index in [1.54, 1.807) is 25.7 Å². The van der Waals surface area contributed by atoms with Crippen molar-refractivity contribution in [2.45, 2.75) is 39.3 Å². The van der Waals surface area contributed by atoms with Gasteiger partial charge in [-0.25, -0.2) is 13.6 Å². The van der Waals surface area contributed by atoms with Gasteiger partial charge in [0.25, 0.3) is 0 Å². The van der Waals surface area contributed by atoms with Gasteiger partial charge in [-0.15, -0.1) is 0 Å². The fraction of sp³-hybridized carbons (Fsp3) is 0.533. The molecule has 2 rings (SSSR count). The number of rotatable bonds is 2. The predicted octanol–water partition coefficient (Wildman–Crippen LogP) is 3.30. The van der Waals surface area contributed by atoms with Crippen LogP contribution in [0.1, 0.15) is 26.3 Å². The smallest absolute Gasteiger partial charge is 0.410 e. The number of anilines is 1. The van der Waals surface area contributed by atoms with Crippen molar-refractivity contribution in [3.63, 3.8) is 0 Å². The molecule has 0 aromatic heterocycles. The predicted molar refractivity (Wildman–Crippen MR) is 76.3 cm³/mol. The lowest BCUT2D eigenvalue weighted by Gasteiger charge is -2.40. The maximum Gasteiger partial charge on any atom is 0.410 e. The molecular formula is C15H20F2N2O2. The van der Waals surface area contributed by atoms with E-state index in [4.69, 9.17) is 4.74 Å². The largest absolute Gasteiger partial charge is 0.444 e. The van der Waals surface area contributed by atoms with E-state index in [0.29, 0.717) is 18.8 Å². The molecule has 4 nitrogen and oxygen atoms in total. The maximum atomic E-state index is 13.4. The van der Waals surface area contributed by atoms with E-state index < -0.39 is 17.2 Å². The molecule has 21 heavy (non-hydrogen) atoms. The minimum absolute atomic E-state index is 0.00420. The quantitative estimate of drug-likeness (QED) is 0.911. The van der Waals surface area contributed by atoms with Crippen LogP contribution in [0.25, 0.3) is 0 Å². The number of carbonyl (C=O) groups excluding carboxylic acids is 1. The van der Waals surface area contributed by atoms with Crippen LogP contribution in [0.2, 0.25) is 0 Å². The first-order valence-corrected chi connectivity index (χ1v) is 6.86. The van der Waals surface area contributed by atoms with E-state index in [-0.39, 0.29) is 17.7 Å². The molecule has 1 heterocycles. The molecule has 1 aliphatic rings. The molecule has 1 aliphatic heterocycles. The van der Waals surface area contributed by atoms with Gasteiger partial charge in [0.1, 0.15) is 17.2 Å². The first-order chi connectivity index (χ1) is 9.65. The summed E-state index contributed by atoms with van der Waals surface area (Å²) in [5.74, 6) is -1.17. The zero-order valence-electron chi connectivity index (χ0n) is 12.7. The van der Waals surface area contributed by atoms with Crippen LogP contribution >= 0.6 is 0 Å². The second-order valence-electron chi connectivity index (χ2n) is 6.29. The molecule has 116 valence electrons. The highest BCUT2D eigenvalue weighted by molar-refractivity contribution is 5.69. The van der Waals surface area contributed by atoms with E-state index >= 15 is 0 Å². The molecule has 1 fully saturated rings. The lowest BCUT2D eigenvalue weighted by Crippen LogP contribution is -2.57. The van der Waals surface area contributed by atoms with Crippen molar-refractivity contribution in [1.82, 2.24) is 4.90 Å². The Bertz CT molecular complexity index is 526. The number of hydrogen-bond acceptors (Lipinski definition) is 3. The zero-order chi connectivity index (χ0) is 15.8. The Morgan fingerprint density at radius 3 is 2.29 bits per heavy atom. The Morgan fingerprint density at radius 2 is 1.81 bits per heavy atom. The summed E-state index contributed by atoms with van der Waals surface area (Å²) < 4.78 is 32.1. The third-order valence-electron chi connectivity index (χ3n) is 3.18. The number of likely N-dealkylation sites (tertiary alicyclic amines) is 1. The SMILES string of the molecule is Cc1c(F)cc(NC2CN(C(=O)OC(C)(C)C)C2)cc1F. The topological polar surface area (TPSA) is 41.6 Å². The summed E-state index contributed by atoms with van der Waals surface area (Å²) >= 11 is 0. The molecule has 0 radical (unpaired) electrons. The van der Waals surface area contributed by atoms with Crippen molar-refractivity contribution in [2.75, 3.05) is 18.4 Å². The van der Waals surface area contributed by atoms with Crippen LogP contribution in [0.3, 0.4) is 0 Å². The summed E-state index contributed by atoms with van der Waals surface area (Å²) in [6.45, 7) is 7.70. The number of halogens is 2. The number of ether oxygens (including phenoxy) is 1. The second-order valence-corrected chi connectivity index (χ2v) is 6.29. The summed E-state index contributed by atoms with van der Waals surface area (Å²) in [4.78, 5) is 13.3. The number of amides is 1. The van der Waals surface area contributed by atoms with Crippen LogP contribution in [0.15, 0.2) is 12.1 Å². The van der Waals surface area contributed by atoms with E-state index in [1.165, 1.54) is 19.1 Å². The van der Waals surface area contributed by atoms with Gasteiger partial charge in [-0.1, -0.05) is 0 Å². The molecule has 0 bridgehead atoms. The molecule has 0 aliphatic carbocycles. The van der Waals surface area contributed by atoms with Crippen LogP contribution in [0.5, 0.6) is 0 Å². The van der Waals surface area contributed by atoms with E-state index in [9.17, 15) is 13.6 Å². The van der Waals surface area contributed by atoms with Crippen LogP contribution in [0.4, 0.5) is 19.3 Å². The summed E-state index contributed by atoms with van der Waals surface area (Å²) in [6.07, 6.45) is -0.373. The van der Waals surface area contributed by atoms with Crippen LogP contribution in [-0.4, -0.2) is 35.7 Å². The van der Waals surface area contributed by atoms with Gasteiger partial charge in [0.2, 0.25) is 0 Å². The Balaban J connectivity index is 1.87. The molecule has 1 aromatic rings. The Hall–Kier alpha value is -1.85. The minimum atomic E-state index is -0.583. The highest BCUT2D eigenvalue weighted by atomic mass is 19.1. The first kappa shape index (κ1) is 15.5. The van der Waals surface area contributed by atoms with Gasteiger partial charge in [-0.05, 0) is 39.8 Å². The highest BCUT2D eigenvalue weighted by Gasteiger charge is 2.33. The fourth-order valence-electron chi connectivity index (χ4n) is 2.01. The Morgan fingerprint density at radius 1 is 1.29 bits per heavy atom. The lowest BCUT2D eigenvalue weighted by molar-refractivity contribution is 0.0105. The molecule has 0 unspecified atom stereocenters. The maximum absolute atomic E-state index is 13.4. The molecular weight excluding hydrogens is 278 g/mol. The zero-order valence-corrected chi connectivity index (χ0v) is 12.7. The number of hydrogen-bond donors (Lipinski definition) is 1. The van der Waals surface area contributed by atoms with Crippen LogP contribution < -0.4 is 5.32 Å². The number of carbonyl (C=O) groups is 1. The monoisotopic (exact) mass is 298 g/mol. The summed E-state index contributed by atoms with van der Waals surface area (Å²) in [5, 5.41) is 3.01. The van der Waals surface area contributed by atoms with E-state index in [2.05, 4.69) is 5.32 Å². The normalized spacial score (nSPS) is 15.6. The van der Waals surface area contributed by atoms with Gasteiger partial charge < -0.3 is 15.0 Å². The molecule has 0 saturated carbocycles. The number of benzene rings is 1. The minimum Gasteiger partial charge on any atom is -0.444 e. The standard InChI is InChI=1S/C15H20F2N2O2/c1-9-12(16)5-10(6-13(9)17)18-11-7-19(8-11)14(20)21-15(2,3)4/h5-6,11,18H,7-8H2,1-4H3. The molecule has 1 saturated heterocycles. The third-order valence-corrected chi connectivity index (χ3v) is 3.18. The van der Waals surface area contributed by atoms with Crippen molar-refractivity contribution in [3.05, 3.63) is 29.3 Å². The first-order valence-electron chi connectivity index (χ1n) is 6.86. The lowest BCUT2D eigenvalue weighted by atomic mass is 10.1. The van der Waals surface area contributed by atoms with E-state index in [1.807, 2.05) is 0 Å². The molecule has 0 atom stereocenters. The molecule has 1 N–H and O–H groups in total. The molecule has 1 amide bonds. The highest BCUT2D eigenvalue weighted by Crippen LogP contribution is 2.22. The molecule has 1 aromatic carbocycles.